The number of nitrogens with one attached hydrogen (secondary N) is 1. The van der Waals surface area contributed by atoms with Gasteiger partial charge in [0.25, 0.3) is 5.91 Å². The molecule has 3 aromatic rings. The number of amidine groups is 1. The van der Waals surface area contributed by atoms with Gasteiger partial charge in [-0.3, -0.25) is 4.79 Å². The summed E-state index contributed by atoms with van der Waals surface area (Å²) in [7, 11) is 0. The summed E-state index contributed by atoms with van der Waals surface area (Å²) in [6.07, 6.45) is 1.81. The Kier molecular flexibility index (Phi) is 6.89. The number of amides is 1. The average molecular weight is 483 g/mol. The fourth-order valence-electron chi connectivity index (χ4n) is 3.10. The van der Waals surface area contributed by atoms with Crippen molar-refractivity contribution >= 4 is 57.8 Å². The fourth-order valence-corrected chi connectivity index (χ4v) is 4.39. The van der Waals surface area contributed by atoms with E-state index in [1.807, 2.05) is 68.5 Å². The molecule has 1 saturated heterocycles. The van der Waals surface area contributed by atoms with E-state index in [0.717, 1.165) is 27.9 Å². The van der Waals surface area contributed by atoms with Crippen LogP contribution in [0.15, 0.2) is 70.6 Å². The molecule has 1 aliphatic rings. The van der Waals surface area contributed by atoms with Crippen molar-refractivity contribution in [3.63, 3.8) is 0 Å². The van der Waals surface area contributed by atoms with Crippen molar-refractivity contribution < 1.29 is 9.53 Å². The van der Waals surface area contributed by atoms with Crippen LogP contribution in [0.4, 0.5) is 5.69 Å². The minimum absolute atomic E-state index is 0.186. The number of ether oxygens (including phenoxy) is 1. The third-order valence-corrected chi connectivity index (χ3v) is 6.34. The molecule has 0 radical (unpaired) electrons. The van der Waals surface area contributed by atoms with Gasteiger partial charge in [-0.2, -0.15) is 0 Å². The van der Waals surface area contributed by atoms with Gasteiger partial charge in [-0.15, -0.1) is 0 Å². The lowest BCUT2D eigenvalue weighted by Crippen LogP contribution is -2.19. The molecule has 0 bridgehead atoms. The summed E-state index contributed by atoms with van der Waals surface area (Å²) in [4.78, 5) is 17.7. The molecule has 1 heterocycles. The van der Waals surface area contributed by atoms with Gasteiger partial charge in [-0.25, -0.2) is 4.99 Å². The maximum absolute atomic E-state index is 12.5. The molecule has 0 aromatic heterocycles. The lowest BCUT2D eigenvalue weighted by Gasteiger charge is -2.11. The Labute approximate surface area is 201 Å². The first-order valence-corrected chi connectivity index (χ1v) is 11.5. The Bertz CT molecular complexity index is 1250. The van der Waals surface area contributed by atoms with Crippen molar-refractivity contribution in [1.29, 1.82) is 0 Å². The first kappa shape index (κ1) is 22.5. The number of thioether (sulfide) groups is 1. The second-order valence-electron chi connectivity index (χ2n) is 7.33. The Morgan fingerprint density at radius 2 is 1.88 bits per heavy atom. The molecule has 32 heavy (non-hydrogen) atoms. The van der Waals surface area contributed by atoms with Crippen molar-refractivity contribution in [2.45, 2.75) is 20.5 Å². The first-order chi connectivity index (χ1) is 15.4. The zero-order chi connectivity index (χ0) is 22.7. The molecule has 1 fully saturated rings. The van der Waals surface area contributed by atoms with Crippen LogP contribution in [-0.4, -0.2) is 11.1 Å². The van der Waals surface area contributed by atoms with E-state index in [4.69, 9.17) is 27.9 Å². The average Bonchev–Trinajstić information content (AvgIpc) is 3.10. The van der Waals surface area contributed by atoms with Gasteiger partial charge in [0.05, 0.1) is 10.6 Å². The van der Waals surface area contributed by atoms with Crippen molar-refractivity contribution in [3.05, 3.63) is 97.9 Å². The standard InChI is InChI=1S/C25H20Cl2N2O2S/c1-15-7-8-16(2)21(11-15)28-25-29-24(30)23(32-25)12-17-5-3-4-6-22(17)31-14-18-9-10-19(26)13-20(18)27/h3-13H,14H2,1-2H3,(H,28,29,30). The number of hydrogen-bond donors (Lipinski definition) is 1. The van der Waals surface area contributed by atoms with Gasteiger partial charge in [0.2, 0.25) is 0 Å². The van der Waals surface area contributed by atoms with E-state index < -0.39 is 0 Å². The molecule has 0 unspecified atom stereocenters. The molecule has 1 amide bonds. The molecule has 0 aliphatic carbocycles. The normalized spacial score (nSPS) is 15.9. The van der Waals surface area contributed by atoms with E-state index in [0.29, 0.717) is 25.9 Å². The number of aryl methyl sites for hydroxylation is 2. The number of carbonyl (C=O) groups excluding carboxylic acids is 1. The predicted octanol–water partition coefficient (Wildman–Crippen LogP) is 7.08. The molecule has 0 saturated carbocycles. The number of halogens is 2. The fraction of sp³-hybridized carbons (Fsp3) is 0.120. The lowest BCUT2D eigenvalue weighted by atomic mass is 10.1. The van der Waals surface area contributed by atoms with Gasteiger partial charge in [0.15, 0.2) is 5.17 Å². The third-order valence-electron chi connectivity index (χ3n) is 4.84. The molecular formula is C25H20Cl2N2O2S. The van der Waals surface area contributed by atoms with Crippen molar-refractivity contribution in [3.8, 4) is 5.75 Å². The number of nitrogens with zero attached hydrogens (tertiary/aromatic N) is 1. The monoisotopic (exact) mass is 482 g/mol. The summed E-state index contributed by atoms with van der Waals surface area (Å²) in [6.45, 7) is 4.30. The van der Waals surface area contributed by atoms with Gasteiger partial charge >= 0.3 is 0 Å². The minimum atomic E-state index is -0.186. The van der Waals surface area contributed by atoms with Crippen LogP contribution >= 0.6 is 35.0 Å². The summed E-state index contributed by atoms with van der Waals surface area (Å²) >= 11 is 13.5. The van der Waals surface area contributed by atoms with Crippen molar-refractivity contribution in [1.82, 2.24) is 5.32 Å². The summed E-state index contributed by atoms with van der Waals surface area (Å²) < 4.78 is 6.00. The van der Waals surface area contributed by atoms with Gasteiger partial charge in [0.1, 0.15) is 12.4 Å². The Balaban J connectivity index is 1.54. The van der Waals surface area contributed by atoms with E-state index in [1.165, 1.54) is 11.8 Å². The van der Waals surface area contributed by atoms with Crippen LogP contribution in [0, 0.1) is 13.8 Å². The predicted molar refractivity (Wildman–Crippen MR) is 134 cm³/mol. The van der Waals surface area contributed by atoms with Gasteiger partial charge in [0, 0.05) is 21.2 Å². The Morgan fingerprint density at radius 1 is 1.06 bits per heavy atom. The van der Waals surface area contributed by atoms with Gasteiger partial charge in [-0.1, -0.05) is 59.6 Å². The number of hydrogen-bond acceptors (Lipinski definition) is 4. The number of para-hydroxylation sites is 1. The van der Waals surface area contributed by atoms with Crippen LogP contribution in [0.1, 0.15) is 22.3 Å². The minimum Gasteiger partial charge on any atom is -0.488 e. The highest BCUT2D eigenvalue weighted by atomic mass is 35.5. The van der Waals surface area contributed by atoms with Crippen LogP contribution in [0.25, 0.3) is 6.08 Å². The molecule has 0 atom stereocenters. The van der Waals surface area contributed by atoms with Crippen molar-refractivity contribution in [2.75, 3.05) is 0 Å². The van der Waals surface area contributed by atoms with Crippen LogP contribution in [0.5, 0.6) is 5.75 Å². The molecule has 4 rings (SSSR count). The maximum atomic E-state index is 12.5. The Morgan fingerprint density at radius 3 is 2.69 bits per heavy atom. The highest BCUT2D eigenvalue weighted by Gasteiger charge is 2.24. The number of rotatable bonds is 5. The van der Waals surface area contributed by atoms with E-state index in [9.17, 15) is 4.79 Å². The van der Waals surface area contributed by atoms with Crippen LogP contribution in [0.3, 0.4) is 0 Å². The SMILES string of the molecule is Cc1ccc(C)c(N=C2NC(=O)C(=Cc3ccccc3OCc3ccc(Cl)cc3Cl)S2)c1. The molecule has 0 spiro atoms. The van der Waals surface area contributed by atoms with E-state index in [2.05, 4.69) is 10.3 Å². The highest BCUT2D eigenvalue weighted by molar-refractivity contribution is 8.18. The summed E-state index contributed by atoms with van der Waals surface area (Å²) in [5, 5.41) is 4.52. The first-order valence-electron chi connectivity index (χ1n) is 9.91. The second kappa shape index (κ2) is 9.82. The van der Waals surface area contributed by atoms with E-state index in [-0.39, 0.29) is 12.5 Å². The smallest absolute Gasteiger partial charge is 0.264 e. The van der Waals surface area contributed by atoms with Gasteiger partial charge in [-0.05, 0) is 67.1 Å². The van der Waals surface area contributed by atoms with Gasteiger partial charge < -0.3 is 10.1 Å². The largest absolute Gasteiger partial charge is 0.488 e. The molecular weight excluding hydrogens is 463 g/mol. The topological polar surface area (TPSA) is 50.7 Å². The van der Waals surface area contributed by atoms with Crippen LogP contribution in [0.2, 0.25) is 10.0 Å². The number of aliphatic imine (C=N–C) groups is 1. The number of carbonyl (C=O) groups is 1. The Hall–Kier alpha value is -2.73. The molecule has 162 valence electrons. The zero-order valence-corrected chi connectivity index (χ0v) is 19.8. The highest BCUT2D eigenvalue weighted by Crippen LogP contribution is 2.32. The summed E-state index contributed by atoms with van der Waals surface area (Å²) in [5.41, 5.74) is 4.64. The summed E-state index contributed by atoms with van der Waals surface area (Å²) in [5.74, 6) is 0.467. The molecule has 4 nitrogen and oxygen atoms in total. The quantitative estimate of drug-likeness (QED) is 0.395. The third kappa shape index (κ3) is 5.36. The lowest BCUT2D eigenvalue weighted by molar-refractivity contribution is -0.115. The number of benzene rings is 3. The van der Waals surface area contributed by atoms with Crippen LogP contribution in [-0.2, 0) is 11.4 Å². The van der Waals surface area contributed by atoms with Crippen LogP contribution < -0.4 is 10.1 Å². The maximum Gasteiger partial charge on any atom is 0.264 e. The van der Waals surface area contributed by atoms with Crippen molar-refractivity contribution in [2.24, 2.45) is 4.99 Å². The molecule has 7 heteroatoms. The second-order valence-corrected chi connectivity index (χ2v) is 9.21. The van der Waals surface area contributed by atoms with E-state index >= 15 is 0 Å². The molecule has 1 aliphatic heterocycles. The molecule has 3 aromatic carbocycles. The molecule has 1 N–H and O–H groups in total. The summed E-state index contributed by atoms with van der Waals surface area (Å²) in [6, 6.07) is 18.9. The van der Waals surface area contributed by atoms with E-state index in [1.54, 1.807) is 12.1 Å². The zero-order valence-electron chi connectivity index (χ0n) is 17.5.